The molecule has 0 N–H and O–H groups in total. The molecule has 84 valence electrons. The van der Waals surface area contributed by atoms with E-state index in [4.69, 9.17) is 14.2 Å². The SMILES string of the molecule is COC(COCc1ccccc1F)OC. The first-order chi connectivity index (χ1) is 7.27. The van der Waals surface area contributed by atoms with Gasteiger partial charge in [0.2, 0.25) is 0 Å². The summed E-state index contributed by atoms with van der Waals surface area (Å²) < 4.78 is 28.2. The van der Waals surface area contributed by atoms with Gasteiger partial charge in [0, 0.05) is 19.8 Å². The smallest absolute Gasteiger partial charge is 0.180 e. The highest BCUT2D eigenvalue weighted by molar-refractivity contribution is 5.16. The van der Waals surface area contributed by atoms with Gasteiger partial charge in [-0.25, -0.2) is 4.39 Å². The summed E-state index contributed by atoms with van der Waals surface area (Å²) in [7, 11) is 3.06. The maximum atomic E-state index is 13.1. The minimum atomic E-state index is -0.406. The van der Waals surface area contributed by atoms with Crippen LogP contribution in [0.1, 0.15) is 5.56 Å². The van der Waals surface area contributed by atoms with Crippen molar-refractivity contribution in [3.05, 3.63) is 35.6 Å². The zero-order valence-corrected chi connectivity index (χ0v) is 8.90. The van der Waals surface area contributed by atoms with Crippen LogP contribution in [0.4, 0.5) is 4.39 Å². The van der Waals surface area contributed by atoms with Crippen LogP contribution in [0.5, 0.6) is 0 Å². The summed E-state index contributed by atoms with van der Waals surface area (Å²) in [5, 5.41) is 0. The Hall–Kier alpha value is -0.970. The molecule has 0 aliphatic carbocycles. The Kier molecular flexibility index (Phi) is 5.25. The van der Waals surface area contributed by atoms with Crippen molar-refractivity contribution in [2.75, 3.05) is 20.8 Å². The summed E-state index contributed by atoms with van der Waals surface area (Å²) in [5.74, 6) is -0.260. The molecule has 0 atom stereocenters. The van der Waals surface area contributed by atoms with E-state index in [0.29, 0.717) is 5.56 Å². The monoisotopic (exact) mass is 214 g/mol. The molecular weight excluding hydrogens is 199 g/mol. The Labute approximate surface area is 88.8 Å². The van der Waals surface area contributed by atoms with Gasteiger partial charge in [0.1, 0.15) is 5.82 Å². The largest absolute Gasteiger partial charge is 0.371 e. The van der Waals surface area contributed by atoms with E-state index in [2.05, 4.69) is 0 Å². The number of methoxy groups -OCH3 is 2. The third-order valence-electron chi connectivity index (χ3n) is 2.00. The molecule has 0 heterocycles. The molecule has 0 spiro atoms. The molecule has 0 aromatic heterocycles. The lowest BCUT2D eigenvalue weighted by Gasteiger charge is -2.13. The minimum absolute atomic E-state index is 0.218. The molecule has 15 heavy (non-hydrogen) atoms. The van der Waals surface area contributed by atoms with E-state index < -0.39 is 6.29 Å². The summed E-state index contributed by atoms with van der Waals surface area (Å²) >= 11 is 0. The standard InChI is InChI=1S/C11H15FO3/c1-13-11(14-2)8-15-7-9-5-3-4-6-10(9)12/h3-6,11H,7-8H2,1-2H3. The molecule has 0 aliphatic rings. The van der Waals surface area contributed by atoms with Crippen LogP contribution in [-0.2, 0) is 20.8 Å². The quantitative estimate of drug-likeness (QED) is 0.677. The first-order valence-corrected chi connectivity index (χ1v) is 4.64. The molecule has 0 unspecified atom stereocenters. The van der Waals surface area contributed by atoms with Crippen molar-refractivity contribution in [1.82, 2.24) is 0 Å². The number of benzene rings is 1. The molecular formula is C11H15FO3. The van der Waals surface area contributed by atoms with Crippen molar-refractivity contribution in [1.29, 1.82) is 0 Å². The second kappa shape index (κ2) is 6.50. The Balaban J connectivity index is 2.34. The van der Waals surface area contributed by atoms with Gasteiger partial charge in [-0.2, -0.15) is 0 Å². The highest BCUT2D eigenvalue weighted by Gasteiger charge is 2.06. The van der Waals surface area contributed by atoms with Crippen molar-refractivity contribution in [3.8, 4) is 0 Å². The summed E-state index contributed by atoms with van der Waals surface area (Å²) in [6, 6.07) is 6.50. The fraction of sp³-hybridized carbons (Fsp3) is 0.455. The second-order valence-corrected chi connectivity index (χ2v) is 3.01. The summed E-state index contributed by atoms with van der Waals surface area (Å²) in [6.07, 6.45) is -0.406. The Morgan fingerprint density at radius 3 is 2.47 bits per heavy atom. The molecule has 1 rings (SSSR count). The molecule has 3 nitrogen and oxygen atoms in total. The van der Waals surface area contributed by atoms with Gasteiger partial charge in [0.05, 0.1) is 13.2 Å². The molecule has 0 fully saturated rings. The third kappa shape index (κ3) is 3.95. The van der Waals surface area contributed by atoms with E-state index in [1.807, 2.05) is 0 Å². The zero-order valence-electron chi connectivity index (χ0n) is 8.90. The van der Waals surface area contributed by atoms with Crippen LogP contribution in [0.2, 0.25) is 0 Å². The second-order valence-electron chi connectivity index (χ2n) is 3.01. The molecule has 0 bridgehead atoms. The Bertz CT molecular complexity index is 287. The van der Waals surface area contributed by atoms with Crippen molar-refractivity contribution in [2.24, 2.45) is 0 Å². The topological polar surface area (TPSA) is 27.7 Å². The van der Waals surface area contributed by atoms with Crippen molar-refractivity contribution < 1.29 is 18.6 Å². The van der Waals surface area contributed by atoms with Crippen LogP contribution in [0.15, 0.2) is 24.3 Å². The number of ether oxygens (including phenoxy) is 3. The first-order valence-electron chi connectivity index (χ1n) is 4.64. The average molecular weight is 214 g/mol. The van der Waals surface area contributed by atoms with Gasteiger partial charge in [-0.05, 0) is 6.07 Å². The van der Waals surface area contributed by atoms with Crippen molar-refractivity contribution in [3.63, 3.8) is 0 Å². The molecule has 0 saturated heterocycles. The van der Waals surface area contributed by atoms with Gasteiger partial charge in [0.15, 0.2) is 6.29 Å². The normalized spacial score (nSPS) is 10.9. The van der Waals surface area contributed by atoms with Crippen molar-refractivity contribution >= 4 is 0 Å². The fourth-order valence-electron chi connectivity index (χ4n) is 1.11. The van der Waals surface area contributed by atoms with E-state index in [0.717, 1.165) is 0 Å². The van der Waals surface area contributed by atoms with E-state index >= 15 is 0 Å². The Morgan fingerprint density at radius 1 is 1.20 bits per heavy atom. The number of halogens is 1. The van der Waals surface area contributed by atoms with Crippen LogP contribution >= 0.6 is 0 Å². The molecule has 0 saturated carbocycles. The fourth-order valence-corrected chi connectivity index (χ4v) is 1.11. The average Bonchev–Trinajstić information content (AvgIpc) is 2.27. The highest BCUT2D eigenvalue weighted by atomic mass is 19.1. The molecule has 0 aliphatic heterocycles. The predicted molar refractivity (Wildman–Crippen MR) is 53.9 cm³/mol. The maximum Gasteiger partial charge on any atom is 0.180 e. The van der Waals surface area contributed by atoms with Crippen LogP contribution in [-0.4, -0.2) is 27.1 Å². The molecule has 4 heteroatoms. The highest BCUT2D eigenvalue weighted by Crippen LogP contribution is 2.08. The van der Waals surface area contributed by atoms with Crippen molar-refractivity contribution in [2.45, 2.75) is 12.9 Å². The predicted octanol–water partition coefficient (Wildman–Crippen LogP) is 1.96. The molecule has 1 aromatic carbocycles. The lowest BCUT2D eigenvalue weighted by Crippen LogP contribution is -2.20. The zero-order chi connectivity index (χ0) is 11.1. The van der Waals surface area contributed by atoms with E-state index in [-0.39, 0.29) is 19.0 Å². The number of hydrogen-bond acceptors (Lipinski definition) is 3. The third-order valence-corrected chi connectivity index (χ3v) is 2.00. The van der Waals surface area contributed by atoms with Gasteiger partial charge in [0.25, 0.3) is 0 Å². The van der Waals surface area contributed by atoms with E-state index in [9.17, 15) is 4.39 Å². The van der Waals surface area contributed by atoms with E-state index in [1.54, 1.807) is 18.2 Å². The Morgan fingerprint density at radius 2 is 1.87 bits per heavy atom. The van der Waals surface area contributed by atoms with Gasteiger partial charge >= 0.3 is 0 Å². The van der Waals surface area contributed by atoms with Gasteiger partial charge in [-0.1, -0.05) is 18.2 Å². The summed E-state index contributed by atoms with van der Waals surface area (Å²) in [4.78, 5) is 0. The summed E-state index contributed by atoms with van der Waals surface area (Å²) in [5.41, 5.74) is 0.531. The van der Waals surface area contributed by atoms with Gasteiger partial charge in [-0.15, -0.1) is 0 Å². The van der Waals surface area contributed by atoms with Gasteiger partial charge < -0.3 is 14.2 Å². The molecule has 0 amide bonds. The minimum Gasteiger partial charge on any atom is -0.371 e. The number of hydrogen-bond donors (Lipinski definition) is 0. The summed E-state index contributed by atoms with van der Waals surface area (Å²) in [6.45, 7) is 0.497. The number of rotatable bonds is 6. The molecule has 1 aromatic rings. The maximum absolute atomic E-state index is 13.1. The van der Waals surface area contributed by atoms with Crippen LogP contribution in [0.3, 0.4) is 0 Å². The molecule has 0 radical (unpaired) electrons. The lowest BCUT2D eigenvalue weighted by atomic mass is 10.2. The van der Waals surface area contributed by atoms with Gasteiger partial charge in [-0.3, -0.25) is 0 Å². The first kappa shape index (κ1) is 12.1. The lowest BCUT2D eigenvalue weighted by molar-refractivity contribution is -0.142. The van der Waals surface area contributed by atoms with Crippen LogP contribution in [0.25, 0.3) is 0 Å². The van der Waals surface area contributed by atoms with E-state index in [1.165, 1.54) is 20.3 Å². The van der Waals surface area contributed by atoms with Crippen LogP contribution < -0.4 is 0 Å². The van der Waals surface area contributed by atoms with Crippen LogP contribution in [0, 0.1) is 5.82 Å².